The monoisotopic (exact) mass is 412 g/mol. The molecule has 1 N–H and O–H groups in total. The van der Waals surface area contributed by atoms with Gasteiger partial charge >= 0.3 is 11.9 Å². The fourth-order valence-corrected chi connectivity index (χ4v) is 3.69. The topological polar surface area (TPSA) is 110 Å². The van der Waals surface area contributed by atoms with Crippen molar-refractivity contribution in [2.45, 2.75) is 12.8 Å². The highest BCUT2D eigenvalue weighted by Crippen LogP contribution is 2.47. The van der Waals surface area contributed by atoms with Gasteiger partial charge in [0.25, 0.3) is 0 Å². The second-order valence-electron chi connectivity index (χ2n) is 6.82. The van der Waals surface area contributed by atoms with E-state index < -0.39 is 17.9 Å². The van der Waals surface area contributed by atoms with Gasteiger partial charge in [0.1, 0.15) is 18.1 Å². The van der Waals surface area contributed by atoms with Crippen molar-refractivity contribution >= 4 is 11.9 Å². The zero-order chi connectivity index (χ0) is 20.8. The molecule has 3 aliphatic rings. The van der Waals surface area contributed by atoms with Crippen molar-refractivity contribution in [3.63, 3.8) is 0 Å². The second-order valence-corrected chi connectivity index (χ2v) is 6.82. The van der Waals surface area contributed by atoms with Crippen LogP contribution >= 0.6 is 0 Å². The van der Waals surface area contributed by atoms with E-state index in [0.29, 0.717) is 34.1 Å². The molecule has 0 spiro atoms. The van der Waals surface area contributed by atoms with E-state index in [4.69, 9.17) is 28.4 Å². The summed E-state index contributed by atoms with van der Waals surface area (Å²) in [7, 11) is 0. The maximum atomic E-state index is 12.5. The van der Waals surface area contributed by atoms with Gasteiger partial charge in [0.2, 0.25) is 13.6 Å². The fourth-order valence-electron chi connectivity index (χ4n) is 3.69. The van der Waals surface area contributed by atoms with Gasteiger partial charge in [0.15, 0.2) is 23.0 Å². The van der Waals surface area contributed by atoms with Crippen molar-refractivity contribution in [2.75, 3.05) is 20.2 Å². The van der Waals surface area contributed by atoms with Gasteiger partial charge < -0.3 is 33.5 Å². The lowest BCUT2D eigenvalue weighted by Gasteiger charge is -2.21. The summed E-state index contributed by atoms with van der Waals surface area (Å²) in [5.74, 6) is -0.158. The molecule has 9 nitrogen and oxygen atoms in total. The Morgan fingerprint density at radius 3 is 2.30 bits per heavy atom. The zero-order valence-electron chi connectivity index (χ0n) is 15.8. The molecule has 1 atom stereocenters. The van der Waals surface area contributed by atoms with Gasteiger partial charge in [-0.1, -0.05) is 6.07 Å². The number of carbonyl (C=O) groups excluding carboxylic acids is 2. The minimum absolute atomic E-state index is 0.0168. The molecule has 0 amide bonds. The third-order valence-electron chi connectivity index (χ3n) is 4.96. The summed E-state index contributed by atoms with van der Waals surface area (Å²) in [5.41, 5.74) is 1.07. The molecule has 3 heterocycles. The maximum Gasteiger partial charge on any atom is 0.338 e. The smallest absolute Gasteiger partial charge is 0.338 e. The number of benzene rings is 2. The van der Waals surface area contributed by atoms with Crippen LogP contribution in [0.4, 0.5) is 0 Å². The first-order valence-electron chi connectivity index (χ1n) is 9.12. The summed E-state index contributed by atoms with van der Waals surface area (Å²) < 4.78 is 32.1. The van der Waals surface area contributed by atoms with Gasteiger partial charge in [-0.15, -0.1) is 0 Å². The highest BCUT2D eigenvalue weighted by molar-refractivity contribution is 5.94. The van der Waals surface area contributed by atoms with Crippen molar-refractivity contribution in [3.8, 4) is 28.7 Å². The number of carbonyl (C=O) groups is 2. The summed E-state index contributed by atoms with van der Waals surface area (Å²) in [6.07, 6.45) is 0. The summed E-state index contributed by atoms with van der Waals surface area (Å²) in [6.45, 7) is 1.14. The SMILES string of the molecule is CC(=O)Oc1cc2c(cc1[C@H](C1=C(O)COC1=O)c1ccc3c(c1)OCO3)OCO2. The number of aliphatic hydroxyl groups excluding tert-OH is 1. The lowest BCUT2D eigenvalue weighted by Crippen LogP contribution is -2.14. The Morgan fingerprint density at radius 2 is 1.63 bits per heavy atom. The van der Waals surface area contributed by atoms with Crippen LogP contribution in [0.2, 0.25) is 0 Å². The molecular weight excluding hydrogens is 396 g/mol. The Bertz CT molecular complexity index is 1100. The van der Waals surface area contributed by atoms with Crippen LogP contribution in [0.15, 0.2) is 41.7 Å². The Labute approximate surface area is 170 Å². The van der Waals surface area contributed by atoms with Crippen molar-refractivity contribution in [1.82, 2.24) is 0 Å². The van der Waals surface area contributed by atoms with Crippen LogP contribution in [0.1, 0.15) is 24.0 Å². The van der Waals surface area contributed by atoms with Crippen molar-refractivity contribution in [3.05, 3.63) is 52.8 Å². The van der Waals surface area contributed by atoms with Crippen LogP contribution in [0.3, 0.4) is 0 Å². The molecule has 0 fully saturated rings. The van der Waals surface area contributed by atoms with Crippen molar-refractivity contribution in [1.29, 1.82) is 0 Å². The Kier molecular flexibility index (Phi) is 4.16. The number of hydrogen-bond acceptors (Lipinski definition) is 9. The molecule has 2 aromatic carbocycles. The summed E-state index contributed by atoms with van der Waals surface area (Å²) in [5, 5.41) is 10.4. The minimum Gasteiger partial charge on any atom is -0.508 e. The average molecular weight is 412 g/mol. The zero-order valence-corrected chi connectivity index (χ0v) is 15.8. The van der Waals surface area contributed by atoms with Crippen LogP contribution < -0.4 is 23.7 Å². The Balaban J connectivity index is 1.72. The van der Waals surface area contributed by atoms with E-state index in [-0.39, 0.29) is 37.3 Å². The lowest BCUT2D eigenvalue weighted by atomic mass is 9.83. The molecule has 3 aliphatic heterocycles. The molecular formula is C21H16O9. The Morgan fingerprint density at radius 1 is 0.967 bits per heavy atom. The van der Waals surface area contributed by atoms with Crippen LogP contribution in [0.5, 0.6) is 28.7 Å². The number of esters is 2. The first-order chi connectivity index (χ1) is 14.5. The average Bonchev–Trinajstić information content (AvgIpc) is 3.43. The molecule has 30 heavy (non-hydrogen) atoms. The van der Waals surface area contributed by atoms with E-state index in [1.807, 2.05) is 0 Å². The first kappa shape index (κ1) is 18.2. The minimum atomic E-state index is -0.821. The van der Waals surface area contributed by atoms with Gasteiger partial charge in [-0.2, -0.15) is 0 Å². The predicted octanol–water partition coefficient (Wildman–Crippen LogP) is 2.57. The number of hydrogen-bond donors (Lipinski definition) is 1. The normalized spacial score (nSPS) is 17.2. The quantitative estimate of drug-likeness (QED) is 0.598. The molecule has 0 bridgehead atoms. The van der Waals surface area contributed by atoms with E-state index in [2.05, 4.69) is 0 Å². The van der Waals surface area contributed by atoms with Crippen LogP contribution in [0, 0.1) is 0 Å². The molecule has 2 aromatic rings. The van der Waals surface area contributed by atoms with E-state index >= 15 is 0 Å². The van der Waals surface area contributed by atoms with E-state index in [0.717, 1.165) is 0 Å². The van der Waals surface area contributed by atoms with Gasteiger partial charge in [0.05, 0.1) is 5.57 Å². The van der Waals surface area contributed by atoms with Crippen LogP contribution in [-0.2, 0) is 14.3 Å². The molecule has 0 unspecified atom stereocenters. The second kappa shape index (κ2) is 6.87. The van der Waals surface area contributed by atoms with Crippen LogP contribution in [0.25, 0.3) is 0 Å². The molecule has 0 saturated heterocycles. The number of fused-ring (bicyclic) bond motifs is 2. The van der Waals surface area contributed by atoms with Gasteiger partial charge in [-0.3, -0.25) is 4.79 Å². The summed E-state index contributed by atoms with van der Waals surface area (Å²) >= 11 is 0. The molecule has 9 heteroatoms. The highest BCUT2D eigenvalue weighted by Gasteiger charge is 2.37. The fraction of sp³-hybridized carbons (Fsp3) is 0.238. The Hall–Kier alpha value is -3.88. The standard InChI is InChI=1S/C21H16O9/c1-10(22)30-15-6-18-17(28-9-29-18)5-12(15)19(20-13(23)7-25-21(20)24)11-2-3-14-16(4-11)27-8-26-14/h2-6,19,23H,7-9H2,1H3/t19-/m1/s1. The number of cyclic esters (lactones) is 1. The van der Waals surface area contributed by atoms with Crippen LogP contribution in [-0.4, -0.2) is 37.2 Å². The molecule has 154 valence electrons. The van der Waals surface area contributed by atoms with E-state index in [1.165, 1.54) is 13.0 Å². The maximum absolute atomic E-state index is 12.5. The highest BCUT2D eigenvalue weighted by atomic mass is 16.7. The van der Waals surface area contributed by atoms with Crippen molar-refractivity contribution in [2.24, 2.45) is 0 Å². The van der Waals surface area contributed by atoms with E-state index in [1.54, 1.807) is 24.3 Å². The largest absolute Gasteiger partial charge is 0.508 e. The number of aliphatic hydroxyl groups is 1. The van der Waals surface area contributed by atoms with Gasteiger partial charge in [-0.25, -0.2) is 4.79 Å². The molecule has 5 rings (SSSR count). The number of ether oxygens (including phenoxy) is 6. The lowest BCUT2D eigenvalue weighted by molar-refractivity contribution is -0.136. The third kappa shape index (κ3) is 2.95. The van der Waals surface area contributed by atoms with E-state index in [9.17, 15) is 14.7 Å². The molecule has 0 aliphatic carbocycles. The molecule has 0 radical (unpaired) electrons. The van der Waals surface area contributed by atoms with Crippen molar-refractivity contribution < 1.29 is 43.1 Å². The number of rotatable bonds is 4. The van der Waals surface area contributed by atoms with Gasteiger partial charge in [0, 0.05) is 24.5 Å². The predicted molar refractivity (Wildman–Crippen MR) is 98.9 cm³/mol. The molecule has 0 saturated carbocycles. The summed E-state index contributed by atoms with van der Waals surface area (Å²) in [6, 6.07) is 8.31. The molecule has 0 aromatic heterocycles. The van der Waals surface area contributed by atoms with Gasteiger partial charge in [-0.05, 0) is 23.8 Å². The third-order valence-corrected chi connectivity index (χ3v) is 4.96. The summed E-state index contributed by atoms with van der Waals surface area (Å²) in [4.78, 5) is 24.3. The first-order valence-corrected chi connectivity index (χ1v) is 9.12.